The van der Waals surface area contributed by atoms with Crippen LogP contribution in [-0.4, -0.2) is 40.6 Å². The summed E-state index contributed by atoms with van der Waals surface area (Å²) in [5.41, 5.74) is 8.77. The molecule has 7 heteroatoms. The van der Waals surface area contributed by atoms with Gasteiger partial charge in [0.1, 0.15) is 5.82 Å². The van der Waals surface area contributed by atoms with E-state index in [1.807, 2.05) is 38.1 Å². The molecule has 0 fully saturated rings. The first-order chi connectivity index (χ1) is 14.4. The molecule has 0 heterocycles. The number of aliphatic hydroxyl groups excluding tert-OH is 1. The van der Waals surface area contributed by atoms with E-state index in [9.17, 15) is 14.3 Å². The largest absolute Gasteiger partial charge is 0.397 e. The van der Waals surface area contributed by atoms with Crippen LogP contribution in [0.25, 0.3) is 0 Å². The number of halogens is 1. The molecule has 1 unspecified atom stereocenters. The predicted octanol–water partition coefficient (Wildman–Crippen LogP) is 4.11. The molecule has 4 N–H and O–H groups in total. The molecule has 0 aromatic heterocycles. The van der Waals surface area contributed by atoms with Crippen molar-refractivity contribution in [3.05, 3.63) is 59.4 Å². The number of nitrogens with zero attached hydrogens (tertiary/aromatic N) is 1. The smallest absolute Gasteiger partial charge is 0.223 e. The van der Waals surface area contributed by atoms with E-state index in [1.165, 1.54) is 6.07 Å². The Morgan fingerprint density at radius 1 is 1.23 bits per heavy atom. The van der Waals surface area contributed by atoms with Crippen molar-refractivity contribution < 1.29 is 14.3 Å². The number of thiocarbonyl (C=S) groups is 1. The van der Waals surface area contributed by atoms with Crippen molar-refractivity contribution in [2.45, 2.75) is 39.0 Å². The molecule has 0 saturated carbocycles. The van der Waals surface area contributed by atoms with Gasteiger partial charge in [-0.2, -0.15) is 0 Å². The number of anilines is 2. The van der Waals surface area contributed by atoms with E-state index in [4.69, 9.17) is 18.0 Å². The molecular formula is C23H30FN3O2S. The molecule has 1 amide bonds. The van der Waals surface area contributed by atoms with Gasteiger partial charge in [0.15, 0.2) is 0 Å². The van der Waals surface area contributed by atoms with Gasteiger partial charge < -0.3 is 21.1 Å². The number of hydrogen-bond donors (Lipinski definition) is 3. The maximum Gasteiger partial charge on any atom is 0.223 e. The Hall–Kier alpha value is -2.51. The Kier molecular flexibility index (Phi) is 9.20. The SMILES string of the molecule is CCc1cc(C(CC(=O)N(CC)CCO)CC(=S)Nc2ccccc2N)ccc1F. The monoisotopic (exact) mass is 431 g/mol. The average Bonchev–Trinajstić information content (AvgIpc) is 2.73. The van der Waals surface area contributed by atoms with Crippen LogP contribution in [0.1, 0.15) is 43.7 Å². The molecule has 30 heavy (non-hydrogen) atoms. The number of rotatable bonds is 10. The van der Waals surface area contributed by atoms with Crippen LogP contribution in [0.4, 0.5) is 15.8 Å². The third-order valence-corrected chi connectivity index (χ3v) is 5.38. The first-order valence-electron chi connectivity index (χ1n) is 10.2. The van der Waals surface area contributed by atoms with Gasteiger partial charge in [-0.15, -0.1) is 0 Å². The molecule has 2 aromatic rings. The summed E-state index contributed by atoms with van der Waals surface area (Å²) in [6.45, 7) is 4.48. The van der Waals surface area contributed by atoms with E-state index < -0.39 is 0 Å². The van der Waals surface area contributed by atoms with Crippen LogP contribution in [0.2, 0.25) is 0 Å². The number of amides is 1. The number of benzene rings is 2. The van der Waals surface area contributed by atoms with Crippen molar-refractivity contribution in [1.82, 2.24) is 4.90 Å². The third-order valence-electron chi connectivity index (χ3n) is 5.11. The van der Waals surface area contributed by atoms with Gasteiger partial charge in [0, 0.05) is 25.9 Å². The number of para-hydroxylation sites is 2. The van der Waals surface area contributed by atoms with Gasteiger partial charge in [-0.1, -0.05) is 43.4 Å². The average molecular weight is 432 g/mol. The van der Waals surface area contributed by atoms with Gasteiger partial charge in [0.05, 0.1) is 23.0 Å². The summed E-state index contributed by atoms with van der Waals surface area (Å²) in [4.78, 5) is 15.0. The highest BCUT2D eigenvalue weighted by Crippen LogP contribution is 2.28. The highest BCUT2D eigenvalue weighted by molar-refractivity contribution is 7.80. The predicted molar refractivity (Wildman–Crippen MR) is 124 cm³/mol. The van der Waals surface area contributed by atoms with E-state index in [0.717, 1.165) is 11.3 Å². The molecule has 2 rings (SSSR count). The number of likely N-dealkylation sites (N-methyl/N-ethyl adjacent to an activating group) is 1. The minimum atomic E-state index is -0.250. The van der Waals surface area contributed by atoms with Gasteiger partial charge in [-0.25, -0.2) is 4.39 Å². The second-order valence-corrected chi connectivity index (χ2v) is 7.63. The second kappa shape index (κ2) is 11.6. The van der Waals surface area contributed by atoms with Crippen LogP contribution in [0.15, 0.2) is 42.5 Å². The van der Waals surface area contributed by atoms with E-state index in [1.54, 1.807) is 17.0 Å². The number of hydrogen-bond acceptors (Lipinski definition) is 4. The van der Waals surface area contributed by atoms with Crippen LogP contribution in [0.5, 0.6) is 0 Å². The number of carbonyl (C=O) groups is 1. The lowest BCUT2D eigenvalue weighted by atomic mass is 9.90. The lowest BCUT2D eigenvalue weighted by Gasteiger charge is -2.24. The Labute approximate surface area is 183 Å². The standard InChI is InChI=1S/C23H30FN3O2S/c1-3-16-13-17(9-10-19(16)24)18(15-23(29)27(4-2)11-12-28)14-22(30)26-21-8-6-5-7-20(21)25/h5-10,13,18,28H,3-4,11-12,14-15,25H2,1-2H3,(H,26,30). The van der Waals surface area contributed by atoms with Gasteiger partial charge >= 0.3 is 0 Å². The molecule has 0 spiro atoms. The Morgan fingerprint density at radius 3 is 2.60 bits per heavy atom. The zero-order valence-corrected chi connectivity index (χ0v) is 18.3. The van der Waals surface area contributed by atoms with E-state index in [-0.39, 0.29) is 37.2 Å². The summed E-state index contributed by atoms with van der Waals surface area (Å²) in [5.74, 6) is -0.540. The minimum absolute atomic E-state index is 0.0686. The molecule has 5 nitrogen and oxygen atoms in total. The summed E-state index contributed by atoms with van der Waals surface area (Å²) in [7, 11) is 0. The topological polar surface area (TPSA) is 78.6 Å². The fourth-order valence-electron chi connectivity index (χ4n) is 3.38. The molecule has 0 aliphatic rings. The van der Waals surface area contributed by atoms with Gasteiger partial charge in [0.25, 0.3) is 0 Å². The number of nitrogen functional groups attached to an aromatic ring is 1. The van der Waals surface area contributed by atoms with Gasteiger partial charge in [-0.3, -0.25) is 4.79 Å². The normalized spacial score (nSPS) is 11.7. The number of carbonyl (C=O) groups excluding carboxylic acids is 1. The van der Waals surface area contributed by atoms with Crippen molar-refractivity contribution in [1.29, 1.82) is 0 Å². The van der Waals surface area contributed by atoms with Gasteiger partial charge in [-0.05, 0) is 48.6 Å². The molecule has 162 valence electrons. The number of aryl methyl sites for hydroxylation is 1. The molecule has 0 bridgehead atoms. The Balaban J connectivity index is 2.25. The molecule has 0 saturated heterocycles. The molecule has 0 radical (unpaired) electrons. The van der Waals surface area contributed by atoms with Crippen LogP contribution < -0.4 is 11.1 Å². The van der Waals surface area contributed by atoms with Crippen LogP contribution in [0, 0.1) is 5.82 Å². The molecule has 1 atom stereocenters. The third kappa shape index (κ3) is 6.50. The van der Waals surface area contributed by atoms with Crippen molar-refractivity contribution in [2.75, 3.05) is 30.7 Å². The van der Waals surface area contributed by atoms with Crippen LogP contribution in [-0.2, 0) is 11.2 Å². The summed E-state index contributed by atoms with van der Waals surface area (Å²) in [6, 6.07) is 12.3. The van der Waals surface area contributed by atoms with Crippen molar-refractivity contribution in [2.24, 2.45) is 0 Å². The molecule has 0 aliphatic carbocycles. The van der Waals surface area contributed by atoms with Gasteiger partial charge in [0.2, 0.25) is 5.91 Å². The van der Waals surface area contributed by atoms with E-state index in [2.05, 4.69) is 5.32 Å². The number of aliphatic hydroxyl groups is 1. The number of nitrogens with one attached hydrogen (secondary N) is 1. The summed E-state index contributed by atoms with van der Waals surface area (Å²) >= 11 is 5.55. The first kappa shape index (κ1) is 23.8. The second-order valence-electron chi connectivity index (χ2n) is 7.14. The fourth-order valence-corrected chi connectivity index (χ4v) is 3.69. The molecule has 2 aromatic carbocycles. The number of nitrogens with two attached hydrogens (primary N) is 1. The summed E-state index contributed by atoms with van der Waals surface area (Å²) in [5, 5.41) is 12.4. The fraction of sp³-hybridized carbons (Fsp3) is 0.391. The lowest BCUT2D eigenvalue weighted by Crippen LogP contribution is -2.34. The first-order valence-corrected chi connectivity index (χ1v) is 10.6. The van der Waals surface area contributed by atoms with E-state index in [0.29, 0.717) is 35.6 Å². The Morgan fingerprint density at radius 2 is 1.97 bits per heavy atom. The van der Waals surface area contributed by atoms with Crippen molar-refractivity contribution >= 4 is 34.5 Å². The quantitative estimate of drug-likeness (QED) is 0.390. The maximum absolute atomic E-state index is 14.0. The lowest BCUT2D eigenvalue weighted by molar-refractivity contribution is -0.131. The zero-order valence-electron chi connectivity index (χ0n) is 17.5. The van der Waals surface area contributed by atoms with Crippen molar-refractivity contribution in [3.63, 3.8) is 0 Å². The minimum Gasteiger partial charge on any atom is -0.397 e. The van der Waals surface area contributed by atoms with Crippen molar-refractivity contribution in [3.8, 4) is 0 Å². The highest BCUT2D eigenvalue weighted by atomic mass is 32.1. The van der Waals surface area contributed by atoms with Crippen LogP contribution in [0.3, 0.4) is 0 Å². The van der Waals surface area contributed by atoms with Crippen LogP contribution >= 0.6 is 12.2 Å². The Bertz CT molecular complexity index is 875. The summed E-state index contributed by atoms with van der Waals surface area (Å²) < 4.78 is 14.0. The summed E-state index contributed by atoms with van der Waals surface area (Å²) in [6.07, 6.45) is 1.20. The highest BCUT2D eigenvalue weighted by Gasteiger charge is 2.22. The van der Waals surface area contributed by atoms with E-state index >= 15 is 0 Å². The zero-order chi connectivity index (χ0) is 22.1. The molecular weight excluding hydrogens is 401 g/mol. The maximum atomic E-state index is 14.0. The molecule has 0 aliphatic heterocycles.